The number of carbonyl (C=O) groups is 1. The molecule has 0 aromatic heterocycles. The molecule has 20 heavy (non-hydrogen) atoms. The molecule has 0 heterocycles. The molecule has 1 aromatic rings. The van der Waals surface area contributed by atoms with E-state index in [1.165, 1.54) is 12.1 Å². The highest BCUT2D eigenvalue weighted by Gasteiger charge is 2.30. The van der Waals surface area contributed by atoms with Crippen LogP contribution in [-0.4, -0.2) is 37.3 Å². The number of likely N-dealkylation sites (N-methyl/N-ethyl adjacent to an activating group) is 1. The van der Waals surface area contributed by atoms with Gasteiger partial charge in [-0.25, -0.2) is 4.39 Å². The van der Waals surface area contributed by atoms with Crippen molar-refractivity contribution in [3.8, 4) is 0 Å². The molecule has 0 aliphatic heterocycles. The molecule has 0 saturated heterocycles. The summed E-state index contributed by atoms with van der Waals surface area (Å²) in [6.45, 7) is 2.50. The van der Waals surface area contributed by atoms with Gasteiger partial charge in [-0.1, -0.05) is 0 Å². The maximum absolute atomic E-state index is 12.8. The average molecular weight is 282 g/mol. The van der Waals surface area contributed by atoms with E-state index >= 15 is 0 Å². The van der Waals surface area contributed by atoms with Crippen LogP contribution in [0.3, 0.4) is 0 Å². The lowest BCUT2D eigenvalue weighted by molar-refractivity contribution is -0.144. The van der Waals surface area contributed by atoms with Crippen molar-refractivity contribution in [1.82, 2.24) is 5.32 Å². The van der Waals surface area contributed by atoms with E-state index in [0.29, 0.717) is 6.42 Å². The first kappa shape index (κ1) is 16.4. The van der Waals surface area contributed by atoms with Crippen LogP contribution in [0.2, 0.25) is 0 Å². The molecule has 1 rings (SSSR count). The molecule has 0 fully saturated rings. The van der Waals surface area contributed by atoms with Gasteiger partial charge in [-0.3, -0.25) is 4.79 Å². The number of nitrogens with zero attached hydrogens (tertiary/aromatic N) is 1. The van der Waals surface area contributed by atoms with E-state index in [2.05, 4.69) is 5.32 Å². The van der Waals surface area contributed by atoms with Crippen LogP contribution in [-0.2, 0) is 4.79 Å². The minimum atomic E-state index is -0.867. The van der Waals surface area contributed by atoms with Gasteiger partial charge in [0.05, 0.1) is 0 Å². The molecule has 1 unspecified atom stereocenters. The number of carboxylic acids is 1. The summed E-state index contributed by atoms with van der Waals surface area (Å²) in [4.78, 5) is 13.2. The topological polar surface area (TPSA) is 52.6 Å². The number of rotatable bonds is 8. The van der Waals surface area contributed by atoms with Gasteiger partial charge in [0.1, 0.15) is 11.4 Å². The van der Waals surface area contributed by atoms with E-state index in [1.807, 2.05) is 11.9 Å². The average Bonchev–Trinajstić information content (AvgIpc) is 2.43. The molecule has 0 aliphatic rings. The summed E-state index contributed by atoms with van der Waals surface area (Å²) >= 11 is 0. The van der Waals surface area contributed by atoms with E-state index in [1.54, 1.807) is 26.1 Å². The molecule has 1 atom stereocenters. The molecule has 0 bridgehead atoms. The maximum Gasteiger partial charge on any atom is 0.323 e. The van der Waals surface area contributed by atoms with Crippen molar-refractivity contribution in [3.63, 3.8) is 0 Å². The molecule has 0 radical (unpaired) electrons. The van der Waals surface area contributed by atoms with E-state index in [-0.39, 0.29) is 5.82 Å². The summed E-state index contributed by atoms with van der Waals surface area (Å²) < 4.78 is 12.8. The Kier molecular flexibility index (Phi) is 5.95. The fourth-order valence-corrected chi connectivity index (χ4v) is 1.99. The quantitative estimate of drug-likeness (QED) is 0.719. The van der Waals surface area contributed by atoms with Gasteiger partial charge in [0.2, 0.25) is 0 Å². The van der Waals surface area contributed by atoms with E-state index in [4.69, 9.17) is 5.11 Å². The second-order valence-corrected chi connectivity index (χ2v) is 5.24. The van der Waals surface area contributed by atoms with Crippen LogP contribution in [0, 0.1) is 5.82 Å². The van der Waals surface area contributed by atoms with Gasteiger partial charge in [-0.2, -0.15) is 0 Å². The number of halogens is 1. The number of anilines is 1. The van der Waals surface area contributed by atoms with Crippen LogP contribution in [0.25, 0.3) is 0 Å². The lowest BCUT2D eigenvalue weighted by atomic mass is 9.95. The summed E-state index contributed by atoms with van der Waals surface area (Å²) in [7, 11) is 3.61. The third-order valence-corrected chi connectivity index (χ3v) is 3.71. The molecule has 112 valence electrons. The highest BCUT2D eigenvalue weighted by atomic mass is 19.1. The molecule has 1 aromatic carbocycles. The number of unbranched alkanes of at least 4 members (excludes halogenated alkanes) is 1. The number of benzene rings is 1. The van der Waals surface area contributed by atoms with Crippen molar-refractivity contribution < 1.29 is 14.3 Å². The summed E-state index contributed by atoms with van der Waals surface area (Å²) in [6.07, 6.45) is 2.28. The van der Waals surface area contributed by atoms with Crippen molar-refractivity contribution in [2.45, 2.75) is 31.7 Å². The summed E-state index contributed by atoms with van der Waals surface area (Å²) in [5.74, 6) is -1.07. The van der Waals surface area contributed by atoms with E-state index in [9.17, 15) is 9.18 Å². The Morgan fingerprint density at radius 3 is 2.45 bits per heavy atom. The predicted molar refractivity (Wildman–Crippen MR) is 78.6 cm³/mol. The minimum Gasteiger partial charge on any atom is -0.480 e. The standard InChI is InChI=1S/C15H23FN2O2/c1-15(17-2,14(19)20)10-4-5-11-18(3)13-8-6-12(16)7-9-13/h6-9,17H,4-5,10-11H2,1-3H3,(H,19,20). The highest BCUT2D eigenvalue weighted by Crippen LogP contribution is 2.16. The lowest BCUT2D eigenvalue weighted by Gasteiger charge is -2.25. The van der Waals surface area contributed by atoms with E-state index < -0.39 is 11.5 Å². The summed E-state index contributed by atoms with van der Waals surface area (Å²) in [5.41, 5.74) is 0.0927. The SMILES string of the molecule is CNC(C)(CCCCN(C)c1ccc(F)cc1)C(=O)O. The van der Waals surface area contributed by atoms with Gasteiger partial charge in [0.15, 0.2) is 0 Å². The van der Waals surface area contributed by atoms with Gasteiger partial charge < -0.3 is 15.3 Å². The second-order valence-electron chi connectivity index (χ2n) is 5.24. The Morgan fingerprint density at radius 2 is 1.95 bits per heavy atom. The fourth-order valence-electron chi connectivity index (χ4n) is 1.99. The van der Waals surface area contributed by atoms with Crippen molar-refractivity contribution in [1.29, 1.82) is 0 Å². The fraction of sp³-hybridized carbons (Fsp3) is 0.533. The summed E-state index contributed by atoms with van der Waals surface area (Å²) in [5, 5.41) is 12.0. The number of hydrogen-bond acceptors (Lipinski definition) is 3. The Balaban J connectivity index is 2.37. The number of carboxylic acid groups (broad SMARTS) is 1. The molecule has 2 N–H and O–H groups in total. The molecule has 0 spiro atoms. The molecule has 0 aliphatic carbocycles. The number of hydrogen-bond donors (Lipinski definition) is 2. The third kappa shape index (κ3) is 4.49. The Morgan fingerprint density at radius 1 is 1.35 bits per heavy atom. The van der Waals surface area contributed by atoms with Crippen molar-refractivity contribution >= 4 is 11.7 Å². The maximum atomic E-state index is 12.8. The molecular weight excluding hydrogens is 259 g/mol. The Labute approximate surface area is 119 Å². The van der Waals surface area contributed by atoms with Crippen LogP contribution in [0.5, 0.6) is 0 Å². The van der Waals surface area contributed by atoms with Crippen LogP contribution in [0.4, 0.5) is 10.1 Å². The van der Waals surface area contributed by atoms with Crippen LogP contribution in [0.1, 0.15) is 26.2 Å². The molecule has 0 saturated carbocycles. The summed E-state index contributed by atoms with van der Waals surface area (Å²) in [6, 6.07) is 6.36. The minimum absolute atomic E-state index is 0.242. The van der Waals surface area contributed by atoms with Gasteiger partial charge in [-0.05, 0) is 57.5 Å². The van der Waals surface area contributed by atoms with Crippen molar-refractivity contribution in [2.24, 2.45) is 0 Å². The zero-order valence-electron chi connectivity index (χ0n) is 12.3. The van der Waals surface area contributed by atoms with Gasteiger partial charge in [0, 0.05) is 19.3 Å². The normalized spacial score (nSPS) is 13.8. The monoisotopic (exact) mass is 282 g/mol. The first-order valence-corrected chi connectivity index (χ1v) is 6.78. The largest absolute Gasteiger partial charge is 0.480 e. The Hall–Kier alpha value is -1.62. The smallest absolute Gasteiger partial charge is 0.323 e. The first-order chi connectivity index (χ1) is 9.39. The van der Waals surface area contributed by atoms with Crippen molar-refractivity contribution in [3.05, 3.63) is 30.1 Å². The van der Waals surface area contributed by atoms with Gasteiger partial charge in [-0.15, -0.1) is 0 Å². The van der Waals surface area contributed by atoms with Gasteiger partial charge in [0.25, 0.3) is 0 Å². The van der Waals surface area contributed by atoms with E-state index in [0.717, 1.165) is 25.1 Å². The van der Waals surface area contributed by atoms with Crippen molar-refractivity contribution in [2.75, 3.05) is 25.5 Å². The predicted octanol–water partition coefficient (Wildman–Crippen LogP) is 2.49. The Bertz CT molecular complexity index is 436. The third-order valence-electron chi connectivity index (χ3n) is 3.71. The first-order valence-electron chi connectivity index (χ1n) is 6.78. The zero-order chi connectivity index (χ0) is 15.2. The van der Waals surface area contributed by atoms with Crippen LogP contribution >= 0.6 is 0 Å². The molecule has 0 amide bonds. The van der Waals surface area contributed by atoms with Crippen LogP contribution < -0.4 is 10.2 Å². The molecule has 5 heteroatoms. The molecule has 4 nitrogen and oxygen atoms in total. The zero-order valence-corrected chi connectivity index (χ0v) is 12.3. The number of aliphatic carboxylic acids is 1. The number of nitrogens with one attached hydrogen (secondary N) is 1. The lowest BCUT2D eigenvalue weighted by Crippen LogP contribution is -2.47. The molecular formula is C15H23FN2O2. The second kappa shape index (κ2) is 7.24. The van der Waals surface area contributed by atoms with Crippen LogP contribution in [0.15, 0.2) is 24.3 Å². The highest BCUT2D eigenvalue weighted by molar-refractivity contribution is 5.78. The van der Waals surface area contributed by atoms with Gasteiger partial charge >= 0.3 is 5.97 Å².